The molecule has 0 radical (unpaired) electrons. The summed E-state index contributed by atoms with van der Waals surface area (Å²) in [6.07, 6.45) is 4.99. The highest BCUT2D eigenvalue weighted by atomic mass is 36.0. The number of hydrogen-bond donors (Lipinski definition) is 8. The number of rotatable bonds is 2. The van der Waals surface area contributed by atoms with Gasteiger partial charge in [-0.15, -0.1) is 0 Å². The second-order valence-electron chi connectivity index (χ2n) is 20.6. The fraction of sp³-hybridized carbons (Fsp3) is 0.444. The Morgan fingerprint density at radius 1 is 0.580 bits per heavy atom. The van der Waals surface area contributed by atoms with Gasteiger partial charge in [0.25, 0.3) is 11.9 Å². The van der Waals surface area contributed by atoms with Crippen LogP contribution in [0.4, 0.5) is 23.3 Å². The lowest BCUT2D eigenvalue weighted by atomic mass is 9.96. The number of nitrogens with two attached hydrogens (primary N) is 2. The number of aryl methyl sites for hydroxylation is 5. The molecule has 0 unspecified atom stereocenters. The lowest BCUT2D eigenvalue weighted by Gasteiger charge is -2.17. The van der Waals surface area contributed by atoms with Crippen molar-refractivity contribution in [1.82, 2.24) is 24.7 Å². The highest BCUT2D eigenvalue weighted by molar-refractivity contribution is 8.24. The molecule has 5 aromatic heterocycles. The number of pyridine rings is 5. The topological polar surface area (TPSA) is 328 Å². The second-order valence-corrected chi connectivity index (χ2v) is 28.3. The number of nitrogens with one attached hydrogen (secondary N) is 2. The summed E-state index contributed by atoms with van der Waals surface area (Å²) < 4.78 is 10.4. The largest absolute Gasteiger partial charge is 0.481 e. The van der Waals surface area contributed by atoms with Crippen molar-refractivity contribution in [3.63, 3.8) is 0 Å². The van der Waals surface area contributed by atoms with Crippen molar-refractivity contribution in [2.75, 3.05) is 22.1 Å². The van der Waals surface area contributed by atoms with Crippen LogP contribution in [0, 0.1) is 56.3 Å². The quantitative estimate of drug-likeness (QED) is 0.0203. The van der Waals surface area contributed by atoms with Crippen molar-refractivity contribution < 1.29 is 49.4 Å². The molecule has 3 amide bonds. The summed E-state index contributed by atoms with van der Waals surface area (Å²) in [6.45, 7) is 32.5. The number of halogens is 6. The minimum Gasteiger partial charge on any atom is -0.481 e. The highest BCUT2D eigenvalue weighted by Gasteiger charge is 2.23. The molecule has 0 aliphatic carbocycles. The molecule has 458 valence electrons. The van der Waals surface area contributed by atoms with Crippen molar-refractivity contribution in [1.29, 1.82) is 0 Å². The van der Waals surface area contributed by atoms with Crippen LogP contribution in [0.2, 0.25) is 10.3 Å². The maximum Gasteiger partial charge on any atom is 0.339 e. The summed E-state index contributed by atoms with van der Waals surface area (Å²) >= 11 is 30.4. The standard InChI is InChI=1S/C11H15ClN2O.C11H16N2O2.C11H16N2O.C6H7ClN2.C6H8N2.C5H9ClO.C2H4O2.2CH4.Cl3OP.H2O2/c1-7-5-6-8(13-9(7)12)14-10(15)11(2,3)4;1-8-5-6-9(13(15)7-8)12-10(14)11(2,3)4;1-8-5-6-9(12-7-8)13-10(14)11(2,3)4;1-4-2-3-5(8)9-6(4)7;1-5-2-3-6(7)8-4-5;1-5(2,3)4(6)7;1-2(3)4;;;1-5(2,3)4;1-2/h5-6H,1-4H3,(H,13,14,15);5-7,15H,1-4H3;5-7H,1-4H3,(H,12,13,14);2-3H,1H3,(H2,8,9);2-4H,1H3,(H2,7,8);1-3H3;1H3,(H,3,4);2*1H4;;1-2H. The van der Waals surface area contributed by atoms with E-state index in [1.54, 1.807) is 90.3 Å². The van der Waals surface area contributed by atoms with E-state index in [1.807, 2.05) is 100 Å². The number of hydrogen-bond acceptors (Lipinski definition) is 15. The molecule has 0 saturated heterocycles. The molecule has 10 N–H and O–H groups in total. The molecule has 27 heteroatoms. The Bertz CT molecular complexity index is 2760. The number of carbonyl (C=O) groups excluding carboxylic acids is 4. The maximum absolute atomic E-state index is 11.6. The van der Waals surface area contributed by atoms with Crippen LogP contribution in [0.1, 0.15) is 133 Å². The summed E-state index contributed by atoms with van der Waals surface area (Å²) in [5.74, 6) is 0.958. The van der Waals surface area contributed by atoms with Gasteiger partial charge in [-0.05, 0) is 138 Å². The zero-order chi connectivity index (χ0) is 63.0. The molecule has 0 fully saturated rings. The molecule has 81 heavy (non-hydrogen) atoms. The second kappa shape index (κ2) is 41.6. The molecular weight excluding hydrogens is 1190 g/mol. The van der Waals surface area contributed by atoms with Crippen LogP contribution < -0.4 is 27.6 Å². The summed E-state index contributed by atoms with van der Waals surface area (Å²) in [5, 5.41) is 31.8. The van der Waals surface area contributed by atoms with Gasteiger partial charge in [-0.3, -0.25) is 39.1 Å². The number of nitrogens with zero attached hydrogens (tertiary/aromatic N) is 6. The fourth-order valence-corrected chi connectivity index (χ4v) is 3.98. The van der Waals surface area contributed by atoms with Gasteiger partial charge in [0.15, 0.2) is 5.49 Å². The summed E-state index contributed by atoms with van der Waals surface area (Å²) in [6, 6.07) is 18.0. The van der Waals surface area contributed by atoms with Gasteiger partial charge in [-0.1, -0.05) is 151 Å². The Morgan fingerprint density at radius 2 is 0.926 bits per heavy atom. The zero-order valence-electron chi connectivity index (χ0n) is 47.8. The Morgan fingerprint density at radius 3 is 1.22 bits per heavy atom. The molecule has 20 nitrogen and oxygen atoms in total. The SMILES string of the molecule is C.C.CC(=O)O.CC(C)(C)C(=O)Cl.Cc1ccc(=NC(=O)C(C)(C)C)n(O)c1.Cc1ccc(N)nc1.Cc1ccc(N)nc1Cl.Cc1ccc(NC(=O)C(C)(C)C)nc1.Cc1ccc(NC(=O)C(C)(C)C)nc1Cl.O=P(Cl)(Cl)Cl.OO. The van der Waals surface area contributed by atoms with Crippen LogP contribution in [0.5, 0.6) is 0 Å². The van der Waals surface area contributed by atoms with Crippen molar-refractivity contribution >= 4 is 126 Å². The lowest BCUT2D eigenvalue weighted by Crippen LogP contribution is -2.28. The Hall–Kier alpha value is -5.41. The molecule has 0 aliphatic heterocycles. The van der Waals surface area contributed by atoms with E-state index in [-0.39, 0.29) is 54.1 Å². The van der Waals surface area contributed by atoms with E-state index >= 15 is 0 Å². The average Bonchev–Trinajstić information content (AvgIpc) is 3.29. The van der Waals surface area contributed by atoms with E-state index in [1.165, 1.54) is 6.20 Å². The first-order valence-electron chi connectivity index (χ1n) is 23.2. The van der Waals surface area contributed by atoms with Crippen LogP contribution in [0.3, 0.4) is 0 Å². The van der Waals surface area contributed by atoms with Gasteiger partial charge in [0.2, 0.25) is 17.1 Å². The molecule has 0 bridgehead atoms. The number of anilines is 4. The minimum atomic E-state index is -3.22. The Kier molecular flexibility index (Phi) is 44.6. The lowest BCUT2D eigenvalue weighted by molar-refractivity contribution is -0.176. The first-order chi connectivity index (χ1) is 35.7. The molecule has 0 aliphatic rings. The predicted octanol–water partition coefficient (Wildman–Crippen LogP) is 15.5. The molecule has 0 spiro atoms. The van der Waals surface area contributed by atoms with Crippen LogP contribution in [0.15, 0.2) is 84.2 Å². The van der Waals surface area contributed by atoms with Crippen molar-refractivity contribution in [3.05, 3.63) is 123 Å². The third-order valence-electron chi connectivity index (χ3n) is 8.29. The summed E-state index contributed by atoms with van der Waals surface area (Å²) in [4.78, 5) is 73.7. The van der Waals surface area contributed by atoms with Gasteiger partial charge in [0, 0.05) is 47.2 Å². The van der Waals surface area contributed by atoms with Crippen molar-refractivity contribution in [2.24, 2.45) is 26.7 Å². The van der Waals surface area contributed by atoms with Crippen LogP contribution in [0.25, 0.3) is 0 Å². The van der Waals surface area contributed by atoms with E-state index in [0.717, 1.165) is 39.5 Å². The zero-order valence-corrected chi connectivity index (χ0v) is 53.2. The predicted molar refractivity (Wildman–Crippen MR) is 335 cm³/mol. The van der Waals surface area contributed by atoms with E-state index < -0.39 is 22.0 Å². The molecule has 0 saturated carbocycles. The van der Waals surface area contributed by atoms with E-state index in [9.17, 15) is 29.0 Å². The van der Waals surface area contributed by atoms with E-state index in [0.29, 0.717) is 33.6 Å². The van der Waals surface area contributed by atoms with Crippen LogP contribution in [-0.2, 0) is 28.5 Å². The summed E-state index contributed by atoms with van der Waals surface area (Å²) in [5.41, 5.74) is 14.1. The number of carboxylic acid groups (broad SMARTS) is 1. The minimum absolute atomic E-state index is 0. The van der Waals surface area contributed by atoms with E-state index in [4.69, 9.17) is 66.7 Å². The monoisotopic (exact) mass is 1270 g/mol. The number of carboxylic acids is 1. The third kappa shape index (κ3) is 49.0. The van der Waals surface area contributed by atoms with Gasteiger partial charge in [0.1, 0.15) is 33.6 Å². The molecule has 5 aromatic rings. The first-order valence-corrected chi connectivity index (χ1v) is 28.7. The van der Waals surface area contributed by atoms with Gasteiger partial charge >= 0.3 is 5.20 Å². The highest BCUT2D eigenvalue weighted by Crippen LogP contribution is 2.61. The van der Waals surface area contributed by atoms with Crippen LogP contribution >= 0.6 is 73.7 Å². The van der Waals surface area contributed by atoms with Gasteiger partial charge in [-0.25, -0.2) is 19.9 Å². The van der Waals surface area contributed by atoms with Gasteiger partial charge in [-0.2, -0.15) is 9.72 Å². The number of nitrogen functional groups attached to an aromatic ring is 2. The first kappa shape index (κ1) is 86.8. The Balaban J connectivity index is -0.000000203. The number of aromatic nitrogens is 5. The number of aliphatic carboxylic acids is 1. The average molecular weight is 1280 g/mol. The number of carbonyl (C=O) groups is 5. The molecule has 5 rings (SSSR count). The van der Waals surface area contributed by atoms with E-state index in [2.05, 4.69) is 69.3 Å². The van der Waals surface area contributed by atoms with Crippen LogP contribution in [-0.4, -0.2) is 74.4 Å². The molecule has 5 heterocycles. The Labute approximate surface area is 508 Å². The smallest absolute Gasteiger partial charge is 0.339 e. The molecule has 0 aromatic carbocycles. The third-order valence-corrected chi connectivity index (χ3v) is 9.62. The fourth-order valence-electron chi connectivity index (χ4n) is 3.66. The van der Waals surface area contributed by atoms with Gasteiger partial charge < -0.3 is 32.4 Å². The number of amides is 3. The van der Waals surface area contributed by atoms with Crippen molar-refractivity contribution in [2.45, 2.75) is 139 Å². The summed E-state index contributed by atoms with van der Waals surface area (Å²) in [7, 11) is 0. The normalized spacial score (nSPS) is 10.5. The maximum atomic E-state index is 11.6. The molecular formula is C54H85Cl6N10O10P. The molecule has 0 atom stereocenters. The van der Waals surface area contributed by atoms with Gasteiger partial charge in [0.05, 0.1) is 0 Å². The van der Waals surface area contributed by atoms with Crippen molar-refractivity contribution in [3.8, 4) is 0 Å².